The zero-order valence-electron chi connectivity index (χ0n) is 18.4. The van der Waals surface area contributed by atoms with E-state index in [4.69, 9.17) is 0 Å². The lowest BCUT2D eigenvalue weighted by molar-refractivity contribution is -0.143. The maximum atomic E-state index is 13.3. The van der Waals surface area contributed by atoms with E-state index in [0.717, 1.165) is 44.8 Å². The van der Waals surface area contributed by atoms with Crippen LogP contribution in [0.3, 0.4) is 0 Å². The molecular formula is C24H36N4O2. The number of hydrogen-bond acceptors (Lipinski definition) is 4. The zero-order valence-corrected chi connectivity index (χ0v) is 18.4. The van der Waals surface area contributed by atoms with Gasteiger partial charge in [-0.3, -0.25) is 14.6 Å². The van der Waals surface area contributed by atoms with Gasteiger partial charge in [-0.1, -0.05) is 19.3 Å². The van der Waals surface area contributed by atoms with Crippen molar-refractivity contribution in [2.45, 2.75) is 58.3 Å². The van der Waals surface area contributed by atoms with Gasteiger partial charge in [0.1, 0.15) is 0 Å². The minimum absolute atomic E-state index is 0.0268. The Kier molecular flexibility index (Phi) is 6.90. The van der Waals surface area contributed by atoms with Gasteiger partial charge in [-0.05, 0) is 50.7 Å². The van der Waals surface area contributed by atoms with Crippen molar-refractivity contribution in [3.63, 3.8) is 0 Å². The maximum Gasteiger partial charge on any atom is 0.227 e. The molecule has 0 radical (unpaired) electrons. The van der Waals surface area contributed by atoms with E-state index in [1.165, 1.54) is 37.8 Å². The summed E-state index contributed by atoms with van der Waals surface area (Å²) in [7, 11) is 0. The number of hydrogen-bond donors (Lipinski definition) is 0. The predicted molar refractivity (Wildman–Crippen MR) is 118 cm³/mol. The fraction of sp³-hybridized carbons (Fsp3) is 0.708. The highest BCUT2D eigenvalue weighted by Gasteiger charge is 2.34. The summed E-state index contributed by atoms with van der Waals surface area (Å²) < 4.78 is 0. The van der Waals surface area contributed by atoms with Crippen molar-refractivity contribution in [3.8, 4) is 0 Å². The Labute approximate surface area is 180 Å². The third kappa shape index (κ3) is 5.13. The van der Waals surface area contributed by atoms with Gasteiger partial charge in [-0.25, -0.2) is 0 Å². The van der Waals surface area contributed by atoms with Crippen molar-refractivity contribution in [3.05, 3.63) is 24.0 Å². The Hall–Kier alpha value is -2.11. The van der Waals surface area contributed by atoms with E-state index in [-0.39, 0.29) is 17.7 Å². The van der Waals surface area contributed by atoms with Gasteiger partial charge in [-0.2, -0.15) is 0 Å². The number of carbonyl (C=O) groups excluding carboxylic acids is 2. The monoisotopic (exact) mass is 412 g/mol. The van der Waals surface area contributed by atoms with Crippen molar-refractivity contribution in [2.75, 3.05) is 44.2 Å². The van der Waals surface area contributed by atoms with Gasteiger partial charge < -0.3 is 14.7 Å². The fourth-order valence-electron chi connectivity index (χ4n) is 5.36. The molecule has 0 bridgehead atoms. The van der Waals surface area contributed by atoms with E-state index < -0.39 is 0 Å². The van der Waals surface area contributed by atoms with Gasteiger partial charge in [0.25, 0.3) is 0 Å². The smallest absolute Gasteiger partial charge is 0.227 e. The summed E-state index contributed by atoms with van der Waals surface area (Å²) in [6.45, 7) is 6.88. The molecule has 2 saturated heterocycles. The average Bonchev–Trinajstić information content (AvgIpc) is 3.02. The fourth-order valence-corrected chi connectivity index (χ4v) is 5.36. The Bertz CT molecular complexity index is 746. The maximum absolute atomic E-state index is 13.3. The van der Waals surface area contributed by atoms with Crippen LogP contribution in [0.2, 0.25) is 0 Å². The van der Waals surface area contributed by atoms with Crippen molar-refractivity contribution in [1.82, 2.24) is 14.8 Å². The quantitative estimate of drug-likeness (QED) is 0.762. The molecule has 6 nitrogen and oxygen atoms in total. The van der Waals surface area contributed by atoms with Gasteiger partial charge in [0.05, 0.1) is 5.92 Å². The van der Waals surface area contributed by atoms with Crippen LogP contribution in [0.1, 0.15) is 57.1 Å². The first-order valence-electron chi connectivity index (χ1n) is 11.8. The number of aromatic nitrogens is 1. The SMILES string of the molecule is Cc1cc(N2CCCN(C(=O)[C@H]3CCC(=O)N(CC4CCCCC4)C3)CC2)ccn1. The Morgan fingerprint density at radius 2 is 1.90 bits per heavy atom. The topological polar surface area (TPSA) is 56.8 Å². The Morgan fingerprint density at radius 3 is 2.70 bits per heavy atom. The van der Waals surface area contributed by atoms with Gasteiger partial charge in [0.15, 0.2) is 0 Å². The van der Waals surface area contributed by atoms with Crippen LogP contribution in [0.15, 0.2) is 18.3 Å². The summed E-state index contributed by atoms with van der Waals surface area (Å²) in [6.07, 6.45) is 10.5. The normalized spacial score (nSPS) is 24.1. The molecule has 3 aliphatic rings. The van der Waals surface area contributed by atoms with Crippen LogP contribution >= 0.6 is 0 Å². The second-order valence-corrected chi connectivity index (χ2v) is 9.36. The molecule has 1 atom stereocenters. The highest BCUT2D eigenvalue weighted by atomic mass is 16.2. The molecule has 4 rings (SSSR count). The zero-order chi connectivity index (χ0) is 20.9. The van der Waals surface area contributed by atoms with E-state index in [2.05, 4.69) is 22.0 Å². The third-order valence-electron chi connectivity index (χ3n) is 7.11. The number of pyridine rings is 1. The molecule has 30 heavy (non-hydrogen) atoms. The molecule has 0 spiro atoms. The molecule has 2 aliphatic heterocycles. The summed E-state index contributed by atoms with van der Waals surface area (Å²) >= 11 is 0. The lowest BCUT2D eigenvalue weighted by Crippen LogP contribution is -2.49. The first-order valence-corrected chi connectivity index (χ1v) is 11.8. The van der Waals surface area contributed by atoms with E-state index in [1.54, 1.807) is 0 Å². The number of piperidine rings is 1. The number of aryl methyl sites for hydroxylation is 1. The van der Waals surface area contributed by atoms with E-state index in [0.29, 0.717) is 25.3 Å². The molecule has 0 aromatic carbocycles. The van der Waals surface area contributed by atoms with E-state index in [9.17, 15) is 9.59 Å². The second-order valence-electron chi connectivity index (χ2n) is 9.36. The largest absolute Gasteiger partial charge is 0.370 e. The molecule has 3 heterocycles. The highest BCUT2D eigenvalue weighted by Crippen LogP contribution is 2.28. The molecule has 0 unspecified atom stereocenters. The molecule has 1 aromatic rings. The van der Waals surface area contributed by atoms with E-state index >= 15 is 0 Å². The predicted octanol–water partition coefficient (Wildman–Crippen LogP) is 3.25. The van der Waals surface area contributed by atoms with Crippen LogP contribution in [-0.2, 0) is 9.59 Å². The highest BCUT2D eigenvalue weighted by molar-refractivity contribution is 5.84. The average molecular weight is 413 g/mol. The number of likely N-dealkylation sites (tertiary alicyclic amines) is 1. The van der Waals surface area contributed by atoms with Gasteiger partial charge in [-0.15, -0.1) is 0 Å². The number of rotatable bonds is 4. The molecule has 2 amide bonds. The van der Waals surface area contributed by atoms with Crippen LogP contribution in [0.4, 0.5) is 5.69 Å². The summed E-state index contributed by atoms with van der Waals surface area (Å²) in [5, 5.41) is 0. The standard InChI is InChI=1S/C24H36N4O2/c1-19-16-22(10-11-25-19)26-12-5-13-27(15-14-26)24(30)21-8-9-23(29)28(18-21)17-20-6-3-2-4-7-20/h10-11,16,20-21H,2-9,12-15,17-18H2,1H3/t21-/m0/s1. The van der Waals surface area contributed by atoms with Crippen LogP contribution in [0, 0.1) is 18.8 Å². The van der Waals surface area contributed by atoms with E-state index in [1.807, 2.05) is 22.9 Å². The summed E-state index contributed by atoms with van der Waals surface area (Å²) in [5.41, 5.74) is 2.22. The Balaban J connectivity index is 1.33. The van der Waals surface area contributed by atoms with Crippen LogP contribution in [0.25, 0.3) is 0 Å². The molecule has 6 heteroatoms. The second kappa shape index (κ2) is 9.80. The Morgan fingerprint density at radius 1 is 1.07 bits per heavy atom. The van der Waals surface area contributed by atoms with Crippen molar-refractivity contribution in [2.24, 2.45) is 11.8 Å². The van der Waals surface area contributed by atoms with Crippen molar-refractivity contribution in [1.29, 1.82) is 0 Å². The third-order valence-corrected chi connectivity index (χ3v) is 7.11. The minimum atomic E-state index is -0.0268. The minimum Gasteiger partial charge on any atom is -0.370 e. The van der Waals surface area contributed by atoms with Crippen LogP contribution in [-0.4, -0.2) is 65.9 Å². The molecule has 1 aromatic heterocycles. The molecule has 1 saturated carbocycles. The molecule has 164 valence electrons. The molecule has 3 fully saturated rings. The van der Waals surface area contributed by atoms with Crippen LogP contribution < -0.4 is 4.90 Å². The number of amides is 2. The molecular weight excluding hydrogens is 376 g/mol. The number of anilines is 1. The first-order chi connectivity index (χ1) is 14.6. The summed E-state index contributed by atoms with van der Waals surface area (Å²) in [5.74, 6) is 1.11. The van der Waals surface area contributed by atoms with Gasteiger partial charge in [0, 0.05) is 63.3 Å². The number of nitrogens with zero attached hydrogens (tertiary/aromatic N) is 4. The first kappa shape index (κ1) is 21.1. The summed E-state index contributed by atoms with van der Waals surface area (Å²) in [4.78, 5) is 36.5. The van der Waals surface area contributed by atoms with Crippen molar-refractivity contribution >= 4 is 17.5 Å². The lowest BCUT2D eigenvalue weighted by Gasteiger charge is -2.37. The number of carbonyl (C=O) groups is 2. The van der Waals surface area contributed by atoms with Crippen LogP contribution in [0.5, 0.6) is 0 Å². The van der Waals surface area contributed by atoms with Gasteiger partial charge >= 0.3 is 0 Å². The summed E-state index contributed by atoms with van der Waals surface area (Å²) in [6, 6.07) is 4.17. The van der Waals surface area contributed by atoms with Crippen molar-refractivity contribution < 1.29 is 9.59 Å². The molecule has 1 aliphatic carbocycles. The molecule has 0 N–H and O–H groups in total. The van der Waals surface area contributed by atoms with Gasteiger partial charge in [0.2, 0.25) is 11.8 Å². The lowest BCUT2D eigenvalue weighted by atomic mass is 9.87.